The molecule has 3 atom stereocenters. The highest BCUT2D eigenvalue weighted by atomic mass is 32.2. The van der Waals surface area contributed by atoms with Gasteiger partial charge >= 0.3 is 16.8 Å². The topological polar surface area (TPSA) is 106 Å². The van der Waals surface area contributed by atoms with E-state index in [9.17, 15) is 19.5 Å². The number of carbonyl (C=O) groups is 2. The number of aromatic amines is 1. The maximum absolute atomic E-state index is 12.5. The smallest absolute Gasteiger partial charge is 0.320 e. The Hall–Kier alpha value is -2.26. The lowest BCUT2D eigenvalue weighted by atomic mass is 9.81. The standard InChI is InChI=1S/C16H15NO6S2/c1-22-14(19)10-9(7-5-3-4-6-8(7)18)11-13(17-16(21)25-11)24-12(10)15(20)23-2/h3-6,9-10,12,18H,1-2H3,(H,17,21)/t9-,10-,12+/m0/s1. The van der Waals surface area contributed by atoms with E-state index in [1.165, 1.54) is 20.3 Å². The molecule has 2 N–H and O–H groups in total. The first-order valence-electron chi connectivity index (χ1n) is 7.31. The summed E-state index contributed by atoms with van der Waals surface area (Å²) < 4.78 is 9.73. The molecule has 0 radical (unpaired) electrons. The number of thiazole rings is 1. The molecule has 3 rings (SSSR count). The predicted octanol–water partition coefficient (Wildman–Crippen LogP) is 1.71. The molecule has 0 amide bonds. The van der Waals surface area contributed by atoms with Crippen LogP contribution in [0.3, 0.4) is 0 Å². The van der Waals surface area contributed by atoms with Crippen molar-refractivity contribution in [2.45, 2.75) is 16.2 Å². The predicted molar refractivity (Wildman–Crippen MR) is 92.1 cm³/mol. The lowest BCUT2D eigenvalue weighted by molar-refractivity contribution is -0.151. The van der Waals surface area contributed by atoms with Gasteiger partial charge in [-0.1, -0.05) is 41.3 Å². The SMILES string of the molecule is COC(=O)[C@H]1[C@H](c2ccccc2O)c2sc(=O)[nH]c2S[C@H]1C(=O)OC. The molecule has 0 fully saturated rings. The summed E-state index contributed by atoms with van der Waals surface area (Å²) in [5, 5.41) is 9.89. The van der Waals surface area contributed by atoms with E-state index in [-0.39, 0.29) is 10.6 Å². The molecule has 7 nitrogen and oxygen atoms in total. The molecule has 0 unspecified atom stereocenters. The van der Waals surface area contributed by atoms with Crippen LogP contribution in [0, 0.1) is 5.92 Å². The summed E-state index contributed by atoms with van der Waals surface area (Å²) in [5.74, 6) is -2.86. The molecule has 0 bridgehead atoms. The van der Waals surface area contributed by atoms with E-state index in [0.717, 1.165) is 23.1 Å². The second-order valence-electron chi connectivity index (χ2n) is 5.35. The van der Waals surface area contributed by atoms with Gasteiger partial charge in [0.1, 0.15) is 11.0 Å². The maximum atomic E-state index is 12.5. The van der Waals surface area contributed by atoms with E-state index in [1.54, 1.807) is 18.2 Å². The molecule has 132 valence electrons. The van der Waals surface area contributed by atoms with Crippen LogP contribution in [-0.2, 0) is 19.1 Å². The lowest BCUT2D eigenvalue weighted by Gasteiger charge is -2.34. The number of aromatic hydroxyl groups is 1. The Balaban J connectivity index is 2.24. The van der Waals surface area contributed by atoms with E-state index < -0.39 is 29.0 Å². The van der Waals surface area contributed by atoms with E-state index >= 15 is 0 Å². The van der Waals surface area contributed by atoms with Gasteiger partial charge in [-0.25, -0.2) is 0 Å². The Labute approximate surface area is 151 Å². The van der Waals surface area contributed by atoms with E-state index in [0.29, 0.717) is 15.5 Å². The number of fused-ring (bicyclic) bond motifs is 1. The minimum absolute atomic E-state index is 0.0243. The first-order valence-corrected chi connectivity index (χ1v) is 9.00. The number of phenolic OH excluding ortho intramolecular Hbond substituents is 1. The molecule has 2 aromatic rings. The van der Waals surface area contributed by atoms with Gasteiger partial charge in [0.25, 0.3) is 0 Å². The molecule has 1 aromatic heterocycles. The van der Waals surface area contributed by atoms with Crippen molar-refractivity contribution in [3.8, 4) is 5.75 Å². The van der Waals surface area contributed by atoms with Crippen molar-refractivity contribution in [2.24, 2.45) is 5.92 Å². The summed E-state index contributed by atoms with van der Waals surface area (Å²) >= 11 is 2.02. The number of hydrogen-bond acceptors (Lipinski definition) is 8. The van der Waals surface area contributed by atoms with Gasteiger partial charge in [0.05, 0.1) is 25.2 Å². The van der Waals surface area contributed by atoms with Crippen molar-refractivity contribution in [3.63, 3.8) is 0 Å². The van der Waals surface area contributed by atoms with Crippen LogP contribution in [0.5, 0.6) is 5.75 Å². The summed E-state index contributed by atoms with van der Waals surface area (Å²) in [4.78, 5) is 39.6. The first-order chi connectivity index (χ1) is 12.0. The number of methoxy groups -OCH3 is 2. The number of aromatic nitrogens is 1. The van der Waals surface area contributed by atoms with Gasteiger partial charge < -0.3 is 19.6 Å². The average Bonchev–Trinajstić information content (AvgIpc) is 2.99. The lowest BCUT2D eigenvalue weighted by Crippen LogP contribution is -2.40. The molecule has 25 heavy (non-hydrogen) atoms. The third-order valence-electron chi connectivity index (χ3n) is 4.03. The summed E-state index contributed by atoms with van der Waals surface area (Å²) in [6.07, 6.45) is 0. The number of hydrogen-bond donors (Lipinski definition) is 2. The van der Waals surface area contributed by atoms with Crippen molar-refractivity contribution in [1.29, 1.82) is 0 Å². The Morgan fingerprint density at radius 3 is 2.48 bits per heavy atom. The molecule has 1 aliphatic rings. The summed E-state index contributed by atoms with van der Waals surface area (Å²) in [6, 6.07) is 6.52. The molecule has 2 heterocycles. The van der Waals surface area contributed by atoms with E-state index in [1.807, 2.05) is 0 Å². The number of rotatable bonds is 3. The zero-order valence-electron chi connectivity index (χ0n) is 13.3. The number of H-pyrrole nitrogens is 1. The Kier molecular flexibility index (Phi) is 4.87. The van der Waals surface area contributed by atoms with Gasteiger partial charge in [-0.3, -0.25) is 14.4 Å². The molecule has 0 aliphatic carbocycles. The highest BCUT2D eigenvalue weighted by Crippen LogP contribution is 2.51. The number of thioether (sulfide) groups is 1. The monoisotopic (exact) mass is 381 g/mol. The number of phenols is 1. The minimum Gasteiger partial charge on any atom is -0.508 e. The van der Waals surface area contributed by atoms with E-state index in [4.69, 9.17) is 9.47 Å². The van der Waals surface area contributed by atoms with Gasteiger partial charge in [-0.15, -0.1) is 0 Å². The molecule has 0 saturated carbocycles. The summed E-state index contributed by atoms with van der Waals surface area (Å²) in [5.41, 5.74) is 0.448. The second-order valence-corrected chi connectivity index (χ2v) is 7.52. The second kappa shape index (κ2) is 6.93. The van der Waals surface area contributed by atoms with Crippen LogP contribution in [0.15, 0.2) is 34.1 Å². The Morgan fingerprint density at radius 1 is 1.16 bits per heavy atom. The zero-order chi connectivity index (χ0) is 18.1. The molecule has 0 saturated heterocycles. The molecule has 9 heteroatoms. The number of benzene rings is 1. The number of nitrogens with one attached hydrogen (secondary N) is 1. The maximum Gasteiger partial charge on any atom is 0.320 e. The third-order valence-corrected chi connectivity index (χ3v) is 6.43. The molecular formula is C16H15NO6S2. The molecule has 1 aromatic carbocycles. The molecule has 1 aliphatic heterocycles. The van der Waals surface area contributed by atoms with Crippen LogP contribution in [0.2, 0.25) is 0 Å². The van der Waals surface area contributed by atoms with E-state index in [2.05, 4.69) is 4.98 Å². The highest BCUT2D eigenvalue weighted by Gasteiger charge is 2.49. The Morgan fingerprint density at radius 2 is 1.84 bits per heavy atom. The van der Waals surface area contributed by atoms with Crippen LogP contribution in [0.1, 0.15) is 16.4 Å². The molecule has 0 spiro atoms. The fraction of sp³-hybridized carbons (Fsp3) is 0.312. The van der Waals surface area contributed by atoms with Crippen molar-refractivity contribution < 1.29 is 24.2 Å². The highest BCUT2D eigenvalue weighted by molar-refractivity contribution is 8.00. The van der Waals surface area contributed by atoms with Crippen LogP contribution in [0.25, 0.3) is 0 Å². The van der Waals surface area contributed by atoms with Crippen molar-refractivity contribution in [3.05, 3.63) is 44.4 Å². The summed E-state index contributed by atoms with van der Waals surface area (Å²) in [6.45, 7) is 0. The van der Waals surface area contributed by atoms with Gasteiger partial charge in [0.2, 0.25) is 0 Å². The van der Waals surface area contributed by atoms with Gasteiger partial charge in [0, 0.05) is 16.4 Å². The number of para-hydroxylation sites is 1. The largest absolute Gasteiger partial charge is 0.508 e. The third kappa shape index (κ3) is 3.05. The van der Waals surface area contributed by atoms with Crippen molar-refractivity contribution in [1.82, 2.24) is 4.98 Å². The quantitative estimate of drug-likeness (QED) is 0.780. The van der Waals surface area contributed by atoms with Crippen LogP contribution in [-0.4, -0.2) is 41.5 Å². The zero-order valence-corrected chi connectivity index (χ0v) is 15.0. The van der Waals surface area contributed by atoms with Crippen LogP contribution in [0.4, 0.5) is 0 Å². The number of ether oxygens (including phenoxy) is 2. The normalized spacial score (nSPS) is 22.1. The number of esters is 2. The fourth-order valence-electron chi connectivity index (χ4n) is 2.95. The van der Waals surface area contributed by atoms with Crippen LogP contribution < -0.4 is 4.87 Å². The average molecular weight is 381 g/mol. The van der Waals surface area contributed by atoms with Crippen LogP contribution >= 0.6 is 23.1 Å². The van der Waals surface area contributed by atoms with Gasteiger partial charge in [-0.05, 0) is 6.07 Å². The van der Waals surface area contributed by atoms with Crippen molar-refractivity contribution >= 4 is 35.0 Å². The first kappa shape index (κ1) is 17.6. The number of carbonyl (C=O) groups excluding carboxylic acids is 2. The molecular weight excluding hydrogens is 366 g/mol. The summed E-state index contributed by atoms with van der Waals surface area (Å²) in [7, 11) is 2.47. The fourth-order valence-corrected chi connectivity index (χ4v) is 5.44. The van der Waals surface area contributed by atoms with Gasteiger partial charge in [0.15, 0.2) is 0 Å². The Bertz CT molecular complexity index is 874. The van der Waals surface area contributed by atoms with Crippen molar-refractivity contribution in [2.75, 3.05) is 14.2 Å². The minimum atomic E-state index is -0.935. The van der Waals surface area contributed by atoms with Gasteiger partial charge in [-0.2, -0.15) is 0 Å².